The zero-order valence-electron chi connectivity index (χ0n) is 14.9. The van der Waals surface area contributed by atoms with E-state index in [0.29, 0.717) is 24.5 Å². The number of benzene rings is 2. The van der Waals surface area contributed by atoms with Crippen LogP contribution in [0, 0.1) is 6.92 Å². The van der Waals surface area contributed by atoms with Crippen LogP contribution in [0.15, 0.2) is 57.6 Å². The number of nitrogens with one attached hydrogen (secondary N) is 1. The van der Waals surface area contributed by atoms with Crippen molar-refractivity contribution in [2.45, 2.75) is 33.1 Å². The molecule has 1 N–H and O–H groups in total. The lowest BCUT2D eigenvalue weighted by Gasteiger charge is -2.12. The quantitative estimate of drug-likeness (QED) is 0.577. The Balaban J connectivity index is 1.62. The first-order valence-electron chi connectivity index (χ1n) is 8.65. The Morgan fingerprint density at radius 3 is 2.81 bits per heavy atom. The van der Waals surface area contributed by atoms with Gasteiger partial charge in [-0.1, -0.05) is 53.2 Å². The summed E-state index contributed by atoms with van der Waals surface area (Å²) in [5, 5.41) is 3.03. The topological polar surface area (TPSA) is 55.1 Å². The molecule has 1 aromatic heterocycles. The lowest BCUT2D eigenvalue weighted by atomic mass is 10.1. The van der Waals surface area contributed by atoms with E-state index in [0.717, 1.165) is 33.3 Å². The van der Waals surface area contributed by atoms with E-state index in [9.17, 15) is 4.79 Å². The van der Waals surface area contributed by atoms with Gasteiger partial charge in [-0.05, 0) is 36.6 Å². The summed E-state index contributed by atoms with van der Waals surface area (Å²) in [6, 6.07) is 13.9. The fourth-order valence-electron chi connectivity index (χ4n) is 2.83. The Kier molecular flexibility index (Phi) is 5.89. The highest BCUT2D eigenvalue weighted by Crippen LogP contribution is 2.24. The molecule has 0 aliphatic heterocycles. The number of carbonyl (C=O) groups excluding carboxylic acids is 1. The molecule has 0 fully saturated rings. The fraction of sp³-hybridized carbons (Fsp3) is 0.238. The second kappa shape index (κ2) is 8.32. The van der Waals surface area contributed by atoms with Gasteiger partial charge in [-0.25, -0.2) is 4.98 Å². The molecule has 0 atom stereocenters. The number of oxazole rings is 1. The molecule has 3 rings (SSSR count). The minimum absolute atomic E-state index is 0.0313. The van der Waals surface area contributed by atoms with E-state index in [1.807, 2.05) is 49.4 Å². The molecule has 0 aliphatic carbocycles. The first kappa shape index (κ1) is 18.4. The van der Waals surface area contributed by atoms with Crippen molar-refractivity contribution >= 4 is 27.5 Å². The summed E-state index contributed by atoms with van der Waals surface area (Å²) >= 11 is 3.45. The largest absolute Gasteiger partial charge is 0.441 e. The third-order valence-electron chi connectivity index (χ3n) is 4.23. The van der Waals surface area contributed by atoms with E-state index in [1.54, 1.807) is 6.20 Å². The van der Waals surface area contributed by atoms with Crippen LogP contribution in [0.25, 0.3) is 11.3 Å². The molecule has 26 heavy (non-hydrogen) atoms. The van der Waals surface area contributed by atoms with Gasteiger partial charge < -0.3 is 9.73 Å². The molecule has 0 unspecified atom stereocenters. The van der Waals surface area contributed by atoms with Gasteiger partial charge in [0.1, 0.15) is 0 Å². The Bertz CT molecular complexity index is 918. The first-order valence-corrected chi connectivity index (χ1v) is 9.45. The molecule has 3 aromatic rings. The highest BCUT2D eigenvalue weighted by Gasteiger charge is 2.12. The van der Waals surface area contributed by atoms with Crippen LogP contribution in [0.2, 0.25) is 0 Å². The Hall–Kier alpha value is -2.40. The lowest BCUT2D eigenvalue weighted by Crippen LogP contribution is -2.14. The fourth-order valence-corrected chi connectivity index (χ4v) is 3.22. The van der Waals surface area contributed by atoms with Crippen molar-refractivity contribution < 1.29 is 9.21 Å². The van der Waals surface area contributed by atoms with Crippen molar-refractivity contribution in [1.29, 1.82) is 0 Å². The highest BCUT2D eigenvalue weighted by atomic mass is 79.9. The van der Waals surface area contributed by atoms with Crippen molar-refractivity contribution in [2.75, 3.05) is 5.32 Å². The molecule has 1 heterocycles. The van der Waals surface area contributed by atoms with E-state index in [1.165, 1.54) is 0 Å². The molecule has 0 bridgehead atoms. The molecular formula is C21H21BrN2O2. The maximum absolute atomic E-state index is 12.3. The van der Waals surface area contributed by atoms with Crippen molar-refractivity contribution in [1.82, 2.24) is 4.98 Å². The average Bonchev–Trinajstić information content (AvgIpc) is 3.11. The minimum atomic E-state index is -0.0313. The maximum Gasteiger partial charge on any atom is 0.224 e. The standard InChI is InChI=1S/C21H21BrN2O2/c1-3-15-7-4-6-14(2)21(15)24-19(25)10-11-20-23-13-18(26-20)16-8-5-9-17(22)12-16/h4-9,12-13H,3,10-11H2,1-2H3,(H,24,25). The van der Waals surface area contributed by atoms with Crippen molar-refractivity contribution in [2.24, 2.45) is 0 Å². The summed E-state index contributed by atoms with van der Waals surface area (Å²) in [5.74, 6) is 1.24. The number of para-hydroxylation sites is 1. The minimum Gasteiger partial charge on any atom is -0.441 e. The molecule has 134 valence electrons. The molecule has 0 spiro atoms. The molecule has 0 saturated carbocycles. The van der Waals surface area contributed by atoms with E-state index in [4.69, 9.17) is 4.42 Å². The van der Waals surface area contributed by atoms with Gasteiger partial charge in [0, 0.05) is 28.6 Å². The van der Waals surface area contributed by atoms with E-state index < -0.39 is 0 Å². The zero-order valence-corrected chi connectivity index (χ0v) is 16.5. The number of anilines is 1. The third-order valence-corrected chi connectivity index (χ3v) is 4.73. The lowest BCUT2D eigenvalue weighted by molar-refractivity contribution is -0.116. The number of carbonyl (C=O) groups is 1. The maximum atomic E-state index is 12.3. The number of amides is 1. The van der Waals surface area contributed by atoms with Crippen molar-refractivity contribution in [3.8, 4) is 11.3 Å². The number of hydrogen-bond donors (Lipinski definition) is 1. The van der Waals surface area contributed by atoms with Gasteiger partial charge in [0.15, 0.2) is 11.7 Å². The SMILES string of the molecule is CCc1cccc(C)c1NC(=O)CCc1ncc(-c2cccc(Br)c2)o1. The van der Waals surface area contributed by atoms with Gasteiger partial charge in [-0.3, -0.25) is 4.79 Å². The molecule has 2 aromatic carbocycles. The monoisotopic (exact) mass is 412 g/mol. The summed E-state index contributed by atoms with van der Waals surface area (Å²) in [6.07, 6.45) is 3.38. The molecule has 4 nitrogen and oxygen atoms in total. The molecule has 5 heteroatoms. The molecule has 1 amide bonds. The second-order valence-electron chi connectivity index (χ2n) is 6.14. The summed E-state index contributed by atoms with van der Waals surface area (Å²) in [6.45, 7) is 4.09. The van der Waals surface area contributed by atoms with Crippen LogP contribution in [0.5, 0.6) is 0 Å². The number of halogens is 1. The van der Waals surface area contributed by atoms with Crippen LogP contribution in [-0.4, -0.2) is 10.9 Å². The highest BCUT2D eigenvalue weighted by molar-refractivity contribution is 9.10. The number of hydrogen-bond acceptors (Lipinski definition) is 3. The summed E-state index contributed by atoms with van der Waals surface area (Å²) in [5.41, 5.74) is 4.09. The predicted molar refractivity (Wildman–Crippen MR) is 107 cm³/mol. The van der Waals surface area contributed by atoms with Crippen LogP contribution in [0.3, 0.4) is 0 Å². The third kappa shape index (κ3) is 4.41. The number of aromatic nitrogens is 1. The molecule has 0 aliphatic rings. The van der Waals surface area contributed by atoms with Crippen LogP contribution in [0.4, 0.5) is 5.69 Å². The summed E-state index contributed by atoms with van der Waals surface area (Å²) < 4.78 is 6.77. The van der Waals surface area contributed by atoms with Crippen molar-refractivity contribution in [3.63, 3.8) is 0 Å². The number of rotatable bonds is 6. The van der Waals surface area contributed by atoms with Gasteiger partial charge in [-0.15, -0.1) is 0 Å². The van der Waals surface area contributed by atoms with Crippen LogP contribution in [0.1, 0.15) is 30.4 Å². The smallest absolute Gasteiger partial charge is 0.224 e. The summed E-state index contributed by atoms with van der Waals surface area (Å²) in [4.78, 5) is 16.6. The normalized spacial score (nSPS) is 10.7. The Morgan fingerprint density at radius 1 is 1.23 bits per heavy atom. The van der Waals surface area contributed by atoms with Crippen LogP contribution in [-0.2, 0) is 17.6 Å². The van der Waals surface area contributed by atoms with Crippen LogP contribution < -0.4 is 5.32 Å². The molecule has 0 saturated heterocycles. The zero-order chi connectivity index (χ0) is 18.5. The van der Waals surface area contributed by atoms with E-state index >= 15 is 0 Å². The van der Waals surface area contributed by atoms with Crippen molar-refractivity contribution in [3.05, 3.63) is 70.2 Å². The van der Waals surface area contributed by atoms with E-state index in [2.05, 4.69) is 33.2 Å². The van der Waals surface area contributed by atoms with Crippen LogP contribution >= 0.6 is 15.9 Å². The van der Waals surface area contributed by atoms with E-state index in [-0.39, 0.29) is 5.91 Å². The van der Waals surface area contributed by atoms with Gasteiger partial charge in [0.2, 0.25) is 5.91 Å². The average molecular weight is 413 g/mol. The predicted octanol–water partition coefficient (Wildman–Crippen LogP) is 5.55. The van der Waals surface area contributed by atoms with Gasteiger partial charge in [0.25, 0.3) is 0 Å². The first-order chi connectivity index (χ1) is 12.6. The Labute approximate surface area is 161 Å². The molecule has 0 radical (unpaired) electrons. The Morgan fingerprint density at radius 2 is 2.04 bits per heavy atom. The van der Waals surface area contributed by atoms with Gasteiger partial charge in [-0.2, -0.15) is 0 Å². The molecular weight excluding hydrogens is 392 g/mol. The summed E-state index contributed by atoms with van der Waals surface area (Å²) in [7, 11) is 0. The number of nitrogens with zero attached hydrogens (tertiary/aromatic N) is 1. The van der Waals surface area contributed by atoms with Gasteiger partial charge >= 0.3 is 0 Å². The van der Waals surface area contributed by atoms with Gasteiger partial charge in [0.05, 0.1) is 6.20 Å². The second-order valence-corrected chi connectivity index (χ2v) is 7.06. The number of aryl methyl sites for hydroxylation is 3.